The Hall–Kier alpha value is -0.950. The molecule has 0 amide bonds. The molecule has 0 aromatic rings. The second-order valence-electron chi connectivity index (χ2n) is 4.24. The maximum Gasteiger partial charge on any atom is 0.434 e. The van der Waals surface area contributed by atoms with E-state index in [1.54, 1.807) is 0 Å². The number of esters is 1. The number of alkyl halides is 6. The maximum atomic E-state index is 12.1. The molecule has 8 heteroatoms. The minimum absolute atomic E-state index is 0.279. The number of carbonyl (C=O) groups excluding carboxylic acids is 1. The molecule has 0 radical (unpaired) electrons. The van der Waals surface area contributed by atoms with E-state index >= 15 is 0 Å². The van der Waals surface area contributed by atoms with Crippen molar-refractivity contribution in [3.05, 3.63) is 0 Å². The van der Waals surface area contributed by atoms with Crippen LogP contribution in [-0.2, 0) is 9.53 Å². The third-order valence-corrected chi connectivity index (χ3v) is 2.77. The quantitative estimate of drug-likeness (QED) is 0.570. The van der Waals surface area contributed by atoms with Crippen LogP contribution in [0, 0.1) is 5.92 Å². The Morgan fingerprint density at radius 1 is 0.944 bits per heavy atom. The Kier molecular flexibility index (Phi) is 4.50. The summed E-state index contributed by atoms with van der Waals surface area (Å²) in [5.74, 6) is -2.26. The molecule has 2 nitrogen and oxygen atoms in total. The van der Waals surface area contributed by atoms with Gasteiger partial charge in [0.2, 0.25) is 0 Å². The summed E-state index contributed by atoms with van der Waals surface area (Å²) in [5, 5.41) is 0. The van der Waals surface area contributed by atoms with Gasteiger partial charge in [-0.15, -0.1) is 0 Å². The average Bonchev–Trinajstić information content (AvgIpc) is 2.23. The number of carbonyl (C=O) groups is 1. The molecule has 0 spiro atoms. The third kappa shape index (κ3) is 4.06. The van der Waals surface area contributed by atoms with Crippen molar-refractivity contribution in [2.45, 2.75) is 50.6 Å². The first-order valence-corrected chi connectivity index (χ1v) is 5.46. The maximum absolute atomic E-state index is 12.1. The normalized spacial score (nSPS) is 19.1. The lowest BCUT2D eigenvalue weighted by molar-refractivity contribution is -0.314. The Morgan fingerprint density at radius 2 is 1.39 bits per heavy atom. The Balaban J connectivity index is 2.69. The fourth-order valence-corrected chi connectivity index (χ4v) is 1.87. The second-order valence-corrected chi connectivity index (χ2v) is 4.24. The molecule has 0 atom stereocenters. The van der Waals surface area contributed by atoms with Gasteiger partial charge in [-0.2, -0.15) is 26.3 Å². The second kappa shape index (κ2) is 5.36. The molecule has 0 saturated heterocycles. The fraction of sp³-hybridized carbons (Fsp3) is 0.900. The van der Waals surface area contributed by atoms with Crippen LogP contribution in [-0.4, -0.2) is 24.4 Å². The molecular weight excluding hydrogens is 266 g/mol. The first kappa shape index (κ1) is 15.1. The van der Waals surface area contributed by atoms with E-state index in [-0.39, 0.29) is 12.8 Å². The van der Waals surface area contributed by atoms with Gasteiger partial charge in [0.25, 0.3) is 6.10 Å². The molecule has 1 fully saturated rings. The van der Waals surface area contributed by atoms with Crippen molar-refractivity contribution < 1.29 is 35.9 Å². The fourth-order valence-electron chi connectivity index (χ4n) is 1.87. The molecule has 1 aliphatic rings. The summed E-state index contributed by atoms with van der Waals surface area (Å²) in [5.41, 5.74) is 0. The van der Waals surface area contributed by atoms with Crippen molar-refractivity contribution in [3.8, 4) is 0 Å². The van der Waals surface area contributed by atoms with Gasteiger partial charge in [-0.05, 0) is 12.8 Å². The molecule has 1 saturated carbocycles. The predicted octanol–water partition coefficient (Wildman–Crippen LogP) is 3.60. The van der Waals surface area contributed by atoms with Gasteiger partial charge in [0.15, 0.2) is 0 Å². The number of hydrogen-bond donors (Lipinski definition) is 0. The number of ether oxygens (including phenoxy) is 1. The summed E-state index contributed by atoms with van der Waals surface area (Å²) < 4.78 is 76.5. The van der Waals surface area contributed by atoms with Crippen LogP contribution in [0.2, 0.25) is 0 Å². The molecule has 1 rings (SSSR count). The van der Waals surface area contributed by atoms with Gasteiger partial charge in [-0.25, -0.2) is 0 Å². The van der Waals surface area contributed by atoms with Gasteiger partial charge < -0.3 is 4.74 Å². The van der Waals surface area contributed by atoms with Crippen molar-refractivity contribution in [2.24, 2.45) is 5.92 Å². The van der Waals surface area contributed by atoms with Gasteiger partial charge in [0.05, 0.1) is 5.92 Å². The van der Waals surface area contributed by atoms with E-state index in [1.165, 1.54) is 0 Å². The van der Waals surface area contributed by atoms with Gasteiger partial charge in [-0.3, -0.25) is 4.79 Å². The smallest absolute Gasteiger partial charge is 0.434 e. The molecule has 0 aromatic carbocycles. The first-order chi connectivity index (χ1) is 8.12. The van der Waals surface area contributed by atoms with Crippen molar-refractivity contribution >= 4 is 5.97 Å². The number of halogens is 6. The van der Waals surface area contributed by atoms with Gasteiger partial charge >= 0.3 is 18.3 Å². The predicted molar refractivity (Wildman–Crippen MR) is 48.6 cm³/mol. The average molecular weight is 278 g/mol. The monoisotopic (exact) mass is 278 g/mol. The van der Waals surface area contributed by atoms with E-state index in [1.807, 2.05) is 0 Å². The van der Waals surface area contributed by atoms with Gasteiger partial charge in [0.1, 0.15) is 0 Å². The summed E-state index contributed by atoms with van der Waals surface area (Å²) in [6, 6.07) is 0. The molecule has 106 valence electrons. The van der Waals surface area contributed by atoms with E-state index in [0.29, 0.717) is 12.8 Å². The van der Waals surface area contributed by atoms with Crippen LogP contribution in [0.3, 0.4) is 0 Å². The molecule has 0 aromatic heterocycles. The lowest BCUT2D eigenvalue weighted by Crippen LogP contribution is -2.46. The molecular formula is C10H12F6O2. The van der Waals surface area contributed by atoms with E-state index in [0.717, 1.165) is 6.42 Å². The zero-order valence-corrected chi connectivity index (χ0v) is 9.27. The lowest BCUT2D eigenvalue weighted by atomic mass is 9.89. The molecule has 0 heterocycles. The van der Waals surface area contributed by atoms with Crippen LogP contribution in [0.4, 0.5) is 26.3 Å². The molecule has 18 heavy (non-hydrogen) atoms. The summed E-state index contributed by atoms with van der Waals surface area (Å²) >= 11 is 0. The molecule has 0 N–H and O–H groups in total. The molecule has 0 unspecified atom stereocenters. The molecule has 0 bridgehead atoms. The third-order valence-electron chi connectivity index (χ3n) is 2.77. The van der Waals surface area contributed by atoms with E-state index in [9.17, 15) is 31.1 Å². The highest BCUT2D eigenvalue weighted by Gasteiger charge is 2.60. The summed E-state index contributed by atoms with van der Waals surface area (Å²) in [7, 11) is 0. The first-order valence-electron chi connectivity index (χ1n) is 5.46. The number of hydrogen-bond acceptors (Lipinski definition) is 2. The van der Waals surface area contributed by atoms with Gasteiger partial charge in [0, 0.05) is 0 Å². The van der Waals surface area contributed by atoms with E-state index in [4.69, 9.17) is 0 Å². The topological polar surface area (TPSA) is 26.3 Å². The zero-order valence-electron chi connectivity index (χ0n) is 9.27. The van der Waals surface area contributed by atoms with Crippen LogP contribution in [0.1, 0.15) is 32.1 Å². The van der Waals surface area contributed by atoms with E-state index in [2.05, 4.69) is 4.74 Å². The summed E-state index contributed by atoms with van der Waals surface area (Å²) in [6.45, 7) is 0. The van der Waals surface area contributed by atoms with E-state index < -0.39 is 30.3 Å². The van der Waals surface area contributed by atoms with Crippen molar-refractivity contribution in [2.75, 3.05) is 0 Å². The van der Waals surface area contributed by atoms with Crippen LogP contribution in [0.15, 0.2) is 0 Å². The molecule has 1 aliphatic carbocycles. The summed E-state index contributed by atoms with van der Waals surface area (Å²) in [6.07, 6.45) is -12.7. The Labute approximate surface area is 99.3 Å². The molecule has 0 aliphatic heterocycles. The Morgan fingerprint density at radius 3 is 1.78 bits per heavy atom. The van der Waals surface area contributed by atoms with Crippen LogP contribution >= 0.6 is 0 Å². The van der Waals surface area contributed by atoms with Crippen molar-refractivity contribution in [1.29, 1.82) is 0 Å². The standard InChI is InChI=1S/C10H12F6O2/c11-9(12,13)8(10(14,15)16)18-7(17)6-4-2-1-3-5-6/h6,8H,1-5H2. The minimum atomic E-state index is -5.64. The largest absolute Gasteiger partial charge is 0.443 e. The number of rotatable bonds is 2. The summed E-state index contributed by atoms with van der Waals surface area (Å²) in [4.78, 5) is 11.3. The Bertz CT molecular complexity index is 276. The SMILES string of the molecule is O=C(OC(C(F)(F)F)C(F)(F)F)C1CCCCC1. The zero-order chi connectivity index (χ0) is 14.0. The van der Waals surface area contributed by atoms with Crippen LogP contribution < -0.4 is 0 Å². The minimum Gasteiger partial charge on any atom is -0.443 e. The highest BCUT2D eigenvalue weighted by Crippen LogP contribution is 2.37. The highest BCUT2D eigenvalue weighted by molar-refractivity contribution is 5.72. The van der Waals surface area contributed by atoms with Gasteiger partial charge in [-0.1, -0.05) is 19.3 Å². The van der Waals surface area contributed by atoms with Crippen LogP contribution in [0.5, 0.6) is 0 Å². The highest BCUT2D eigenvalue weighted by atomic mass is 19.4. The van der Waals surface area contributed by atoms with Crippen molar-refractivity contribution in [3.63, 3.8) is 0 Å². The van der Waals surface area contributed by atoms with Crippen molar-refractivity contribution in [1.82, 2.24) is 0 Å². The lowest BCUT2D eigenvalue weighted by Gasteiger charge is -2.26. The van der Waals surface area contributed by atoms with Crippen LogP contribution in [0.25, 0.3) is 0 Å².